The predicted octanol–water partition coefficient (Wildman–Crippen LogP) is 3.03. The van der Waals surface area contributed by atoms with Crippen LogP contribution in [0.15, 0.2) is 29.3 Å². The smallest absolute Gasteiger partial charge is 0.191 e. The van der Waals surface area contributed by atoms with Crippen molar-refractivity contribution in [1.29, 1.82) is 0 Å². The highest BCUT2D eigenvalue weighted by Gasteiger charge is 2.21. The quantitative estimate of drug-likeness (QED) is 0.569. The molecule has 5 nitrogen and oxygen atoms in total. The molecule has 0 saturated carbocycles. The van der Waals surface area contributed by atoms with Crippen LogP contribution in [0.1, 0.15) is 38.8 Å². The summed E-state index contributed by atoms with van der Waals surface area (Å²) in [6.45, 7) is 6.71. The van der Waals surface area contributed by atoms with Gasteiger partial charge in [-0.15, -0.1) is 0 Å². The standard InChI is InChI=1S/C17H28ClN3O2S/c1-13(14-8-6-7-9-15(14)18)21-16(19-4)20-12-17(2,3)10-11-24(5,22)23/h6-9,13H,10-12H2,1-5H3,(H2,19,20,21). The molecule has 1 aromatic rings. The van der Waals surface area contributed by atoms with Gasteiger partial charge in [-0.1, -0.05) is 43.6 Å². The van der Waals surface area contributed by atoms with E-state index in [9.17, 15) is 8.42 Å². The first-order valence-corrected chi connectivity index (χ1v) is 10.4. The van der Waals surface area contributed by atoms with Crippen LogP contribution in [-0.2, 0) is 9.84 Å². The normalized spacial score (nSPS) is 14.3. The maximum absolute atomic E-state index is 11.3. The second-order valence-electron chi connectivity index (χ2n) is 6.86. The first-order valence-electron chi connectivity index (χ1n) is 7.93. The van der Waals surface area contributed by atoms with Crippen LogP contribution in [0, 0.1) is 5.41 Å². The number of guanidine groups is 1. The zero-order valence-electron chi connectivity index (χ0n) is 15.1. The van der Waals surface area contributed by atoms with Gasteiger partial charge in [0.1, 0.15) is 9.84 Å². The van der Waals surface area contributed by atoms with Crippen LogP contribution < -0.4 is 10.6 Å². The summed E-state index contributed by atoms with van der Waals surface area (Å²) < 4.78 is 22.7. The predicted molar refractivity (Wildman–Crippen MR) is 102 cm³/mol. The fourth-order valence-electron chi connectivity index (χ4n) is 2.18. The summed E-state index contributed by atoms with van der Waals surface area (Å²) in [6, 6.07) is 7.69. The van der Waals surface area contributed by atoms with E-state index < -0.39 is 9.84 Å². The van der Waals surface area contributed by atoms with Gasteiger partial charge in [0.15, 0.2) is 5.96 Å². The van der Waals surface area contributed by atoms with Crippen molar-refractivity contribution < 1.29 is 8.42 Å². The number of nitrogens with zero attached hydrogens (tertiary/aromatic N) is 1. The van der Waals surface area contributed by atoms with Gasteiger partial charge in [0.25, 0.3) is 0 Å². The number of benzene rings is 1. The molecule has 0 fully saturated rings. The minimum absolute atomic E-state index is 0.00373. The van der Waals surface area contributed by atoms with E-state index in [4.69, 9.17) is 11.6 Å². The van der Waals surface area contributed by atoms with E-state index >= 15 is 0 Å². The van der Waals surface area contributed by atoms with Crippen LogP contribution in [0.4, 0.5) is 0 Å². The van der Waals surface area contributed by atoms with Crippen molar-refractivity contribution in [3.05, 3.63) is 34.9 Å². The largest absolute Gasteiger partial charge is 0.356 e. The third-order valence-electron chi connectivity index (χ3n) is 3.83. The molecule has 1 atom stereocenters. The summed E-state index contributed by atoms with van der Waals surface area (Å²) in [6.07, 6.45) is 1.86. The summed E-state index contributed by atoms with van der Waals surface area (Å²) in [5.41, 5.74) is 0.840. The lowest BCUT2D eigenvalue weighted by Crippen LogP contribution is -2.43. The van der Waals surface area contributed by atoms with Crippen molar-refractivity contribution in [3.63, 3.8) is 0 Å². The Morgan fingerprint density at radius 3 is 2.50 bits per heavy atom. The molecule has 24 heavy (non-hydrogen) atoms. The van der Waals surface area contributed by atoms with Crippen LogP contribution in [-0.4, -0.2) is 40.0 Å². The van der Waals surface area contributed by atoms with Gasteiger partial charge in [0, 0.05) is 24.9 Å². The Balaban J connectivity index is 2.61. The lowest BCUT2D eigenvalue weighted by Gasteiger charge is -2.27. The second kappa shape index (κ2) is 8.72. The molecule has 7 heteroatoms. The number of aliphatic imine (C=N–C) groups is 1. The van der Waals surface area contributed by atoms with Crippen LogP contribution in [0.25, 0.3) is 0 Å². The molecule has 0 aliphatic rings. The SMILES string of the molecule is CN=C(NCC(C)(C)CCS(C)(=O)=O)NC(C)c1ccccc1Cl. The molecule has 2 N–H and O–H groups in total. The summed E-state index contributed by atoms with van der Waals surface area (Å²) in [7, 11) is -1.24. The Morgan fingerprint density at radius 1 is 1.33 bits per heavy atom. The van der Waals surface area contributed by atoms with Gasteiger partial charge in [-0.2, -0.15) is 0 Å². The summed E-state index contributed by atoms with van der Waals surface area (Å²) >= 11 is 6.22. The molecule has 1 rings (SSSR count). The molecule has 0 spiro atoms. The topological polar surface area (TPSA) is 70.6 Å². The molecule has 0 bridgehead atoms. The average molecular weight is 374 g/mol. The van der Waals surface area contributed by atoms with Crippen molar-refractivity contribution in [3.8, 4) is 0 Å². The number of rotatable bonds is 7. The molecule has 0 radical (unpaired) electrons. The molecule has 0 saturated heterocycles. The Labute approximate surface area is 150 Å². The van der Waals surface area contributed by atoms with E-state index in [1.807, 2.05) is 45.0 Å². The van der Waals surface area contributed by atoms with Crippen molar-refractivity contribution in [1.82, 2.24) is 10.6 Å². The first kappa shape index (κ1) is 20.8. The van der Waals surface area contributed by atoms with E-state index in [0.29, 0.717) is 23.9 Å². The average Bonchev–Trinajstić information content (AvgIpc) is 2.49. The Hall–Kier alpha value is -1.27. The van der Waals surface area contributed by atoms with E-state index in [2.05, 4.69) is 15.6 Å². The molecule has 0 aliphatic carbocycles. The highest BCUT2D eigenvalue weighted by atomic mass is 35.5. The maximum Gasteiger partial charge on any atom is 0.191 e. The second-order valence-corrected chi connectivity index (χ2v) is 9.52. The van der Waals surface area contributed by atoms with Crippen molar-refractivity contribution in [2.45, 2.75) is 33.2 Å². The molecule has 1 aromatic carbocycles. The van der Waals surface area contributed by atoms with Crippen molar-refractivity contribution in [2.75, 3.05) is 25.6 Å². The fraction of sp³-hybridized carbons (Fsp3) is 0.588. The highest BCUT2D eigenvalue weighted by molar-refractivity contribution is 7.90. The molecule has 0 aromatic heterocycles. The molecule has 1 unspecified atom stereocenters. The minimum Gasteiger partial charge on any atom is -0.356 e. The molecule has 0 aliphatic heterocycles. The molecule has 136 valence electrons. The lowest BCUT2D eigenvalue weighted by atomic mass is 9.90. The van der Waals surface area contributed by atoms with Crippen LogP contribution in [0.5, 0.6) is 0 Å². The van der Waals surface area contributed by atoms with Gasteiger partial charge in [0.2, 0.25) is 0 Å². The van der Waals surface area contributed by atoms with Gasteiger partial charge < -0.3 is 10.6 Å². The van der Waals surface area contributed by atoms with Gasteiger partial charge in [-0.25, -0.2) is 8.42 Å². The molecule has 0 amide bonds. The number of sulfone groups is 1. The molecule has 0 heterocycles. The van der Waals surface area contributed by atoms with Crippen molar-refractivity contribution in [2.24, 2.45) is 10.4 Å². The van der Waals surface area contributed by atoms with Crippen molar-refractivity contribution >= 4 is 27.4 Å². The molecular weight excluding hydrogens is 346 g/mol. The summed E-state index contributed by atoms with van der Waals surface area (Å²) in [5, 5.41) is 7.28. The number of hydrogen-bond acceptors (Lipinski definition) is 3. The summed E-state index contributed by atoms with van der Waals surface area (Å²) in [5.74, 6) is 0.846. The molecular formula is C17H28ClN3O2S. The van der Waals surface area contributed by atoms with E-state index in [-0.39, 0.29) is 17.2 Å². The lowest BCUT2D eigenvalue weighted by molar-refractivity contribution is 0.348. The summed E-state index contributed by atoms with van der Waals surface area (Å²) in [4.78, 5) is 4.23. The number of halogens is 1. The minimum atomic E-state index is -2.95. The third-order valence-corrected chi connectivity index (χ3v) is 5.12. The first-order chi connectivity index (χ1) is 11.0. The Morgan fingerprint density at radius 2 is 1.96 bits per heavy atom. The Kier molecular flexibility index (Phi) is 7.55. The van der Waals surface area contributed by atoms with Gasteiger partial charge in [-0.05, 0) is 30.4 Å². The number of hydrogen-bond donors (Lipinski definition) is 2. The maximum atomic E-state index is 11.3. The highest BCUT2D eigenvalue weighted by Crippen LogP contribution is 2.22. The zero-order chi connectivity index (χ0) is 18.4. The van der Waals surface area contributed by atoms with Gasteiger partial charge >= 0.3 is 0 Å². The van der Waals surface area contributed by atoms with Crippen LogP contribution in [0.2, 0.25) is 5.02 Å². The van der Waals surface area contributed by atoms with E-state index in [0.717, 1.165) is 5.56 Å². The van der Waals surface area contributed by atoms with E-state index in [1.54, 1.807) is 7.05 Å². The third kappa shape index (κ3) is 7.53. The monoisotopic (exact) mass is 373 g/mol. The van der Waals surface area contributed by atoms with Crippen LogP contribution in [0.3, 0.4) is 0 Å². The van der Waals surface area contributed by atoms with Crippen LogP contribution >= 0.6 is 11.6 Å². The zero-order valence-corrected chi connectivity index (χ0v) is 16.6. The van der Waals surface area contributed by atoms with Gasteiger partial charge in [-0.3, -0.25) is 4.99 Å². The van der Waals surface area contributed by atoms with E-state index in [1.165, 1.54) is 6.26 Å². The Bertz CT molecular complexity index is 672. The van der Waals surface area contributed by atoms with Gasteiger partial charge in [0.05, 0.1) is 11.8 Å². The number of nitrogens with one attached hydrogen (secondary N) is 2. The fourth-order valence-corrected chi connectivity index (χ4v) is 3.40.